The van der Waals surface area contributed by atoms with Crippen molar-refractivity contribution in [2.24, 2.45) is 0 Å². The van der Waals surface area contributed by atoms with Gasteiger partial charge in [0.15, 0.2) is 0 Å². The van der Waals surface area contributed by atoms with Gasteiger partial charge in [-0.2, -0.15) is 0 Å². The summed E-state index contributed by atoms with van der Waals surface area (Å²) in [5.74, 6) is 1.02. The third-order valence-electron chi connectivity index (χ3n) is 4.09. The topological polar surface area (TPSA) is 103 Å². The first-order valence-corrected chi connectivity index (χ1v) is 14.8. The summed E-state index contributed by atoms with van der Waals surface area (Å²) in [4.78, 5) is 23.4. The van der Waals surface area contributed by atoms with Gasteiger partial charge in [0.25, 0.3) is 0 Å². The molecule has 2 amide bonds. The number of carbonyl (C=O) groups excluding carboxylic acids is 2. The Kier molecular flexibility index (Phi) is 20.5. The van der Waals surface area contributed by atoms with Crippen molar-refractivity contribution in [1.82, 2.24) is 10.6 Å². The van der Waals surface area contributed by atoms with Gasteiger partial charge in [-0.1, -0.05) is 40.9 Å². The lowest BCUT2D eigenvalue weighted by Gasteiger charge is -2.14. The molecule has 178 valence electrons. The van der Waals surface area contributed by atoms with E-state index in [0.717, 1.165) is 50.7 Å². The molecular weight excluding hydrogens is 447 g/mol. The number of phosphoric acid groups is 1. The van der Waals surface area contributed by atoms with Crippen molar-refractivity contribution in [2.75, 3.05) is 45.4 Å². The van der Waals surface area contributed by atoms with E-state index in [2.05, 4.69) is 10.6 Å². The lowest BCUT2D eigenvalue weighted by atomic mass is 10.1. The molecule has 0 saturated heterocycles. The molecule has 0 radical (unpaired) electrons. The standard InChI is InChI=1S/C19H39N2O6PS2/c1-4-26-28(24,25-2)27-16-11-6-5-9-14-20-18(22)12-8-7-10-15-21-19(23)13-17-30-29-3/h4-17H2,1-3H3,(H,20,22)(H,21,23). The van der Waals surface area contributed by atoms with E-state index in [1.807, 2.05) is 6.26 Å². The second-order valence-electron chi connectivity index (χ2n) is 6.54. The van der Waals surface area contributed by atoms with E-state index in [1.54, 1.807) is 28.5 Å². The van der Waals surface area contributed by atoms with Crippen LogP contribution in [0, 0.1) is 0 Å². The summed E-state index contributed by atoms with van der Waals surface area (Å²) in [7, 11) is 1.29. The molecule has 0 aliphatic rings. The van der Waals surface area contributed by atoms with Gasteiger partial charge >= 0.3 is 7.82 Å². The summed E-state index contributed by atoms with van der Waals surface area (Å²) >= 11 is 0. The Balaban J connectivity index is 3.44. The Morgan fingerprint density at radius 1 is 0.867 bits per heavy atom. The molecule has 0 bridgehead atoms. The van der Waals surface area contributed by atoms with Crippen molar-refractivity contribution < 1.29 is 27.7 Å². The third kappa shape index (κ3) is 18.5. The number of phosphoric ester groups is 1. The molecule has 0 aromatic carbocycles. The Hall–Kier alpha value is -0.250. The molecule has 30 heavy (non-hydrogen) atoms. The van der Waals surface area contributed by atoms with E-state index in [1.165, 1.54) is 7.11 Å². The molecule has 0 rings (SSSR count). The number of hydrogen-bond donors (Lipinski definition) is 2. The molecule has 0 aromatic heterocycles. The molecule has 8 nitrogen and oxygen atoms in total. The van der Waals surface area contributed by atoms with E-state index in [4.69, 9.17) is 13.6 Å². The van der Waals surface area contributed by atoms with Crippen molar-refractivity contribution in [3.8, 4) is 0 Å². The number of hydrogen-bond acceptors (Lipinski definition) is 8. The van der Waals surface area contributed by atoms with Crippen LogP contribution in [0.2, 0.25) is 0 Å². The van der Waals surface area contributed by atoms with Gasteiger partial charge in [0.05, 0.1) is 13.2 Å². The van der Waals surface area contributed by atoms with Gasteiger partial charge in [0, 0.05) is 38.8 Å². The highest BCUT2D eigenvalue weighted by Gasteiger charge is 2.23. The summed E-state index contributed by atoms with van der Waals surface area (Å²) in [5.41, 5.74) is 0. The summed E-state index contributed by atoms with van der Waals surface area (Å²) in [5, 5.41) is 5.84. The molecule has 0 fully saturated rings. The van der Waals surface area contributed by atoms with Gasteiger partial charge in [0.1, 0.15) is 0 Å². The fourth-order valence-electron chi connectivity index (χ4n) is 2.50. The number of amides is 2. The molecule has 1 atom stereocenters. The zero-order chi connectivity index (χ0) is 22.5. The average molecular weight is 487 g/mol. The molecule has 2 N–H and O–H groups in total. The largest absolute Gasteiger partial charge is 0.474 e. The highest BCUT2D eigenvalue weighted by atomic mass is 33.1. The SMILES string of the molecule is CCOP(=O)(OC)OCCCCCCNC(=O)CCCCCNC(=O)CCSSC. The molecule has 0 heterocycles. The third-order valence-corrected chi connectivity index (χ3v) is 7.42. The van der Waals surface area contributed by atoms with E-state index in [9.17, 15) is 14.2 Å². The van der Waals surface area contributed by atoms with E-state index < -0.39 is 7.82 Å². The second kappa shape index (κ2) is 20.6. The van der Waals surface area contributed by atoms with Crippen molar-refractivity contribution in [3.63, 3.8) is 0 Å². The Morgan fingerprint density at radius 3 is 2.07 bits per heavy atom. The molecule has 0 aromatic rings. The minimum absolute atomic E-state index is 0.0780. The van der Waals surface area contributed by atoms with Crippen molar-refractivity contribution >= 4 is 41.2 Å². The average Bonchev–Trinajstić information content (AvgIpc) is 2.73. The van der Waals surface area contributed by atoms with Gasteiger partial charge in [-0.15, -0.1) is 0 Å². The summed E-state index contributed by atoms with van der Waals surface area (Å²) < 4.78 is 26.8. The maximum Gasteiger partial charge on any atom is 0.474 e. The van der Waals surface area contributed by atoms with Crippen molar-refractivity contribution in [3.05, 3.63) is 0 Å². The quantitative estimate of drug-likeness (QED) is 0.138. The van der Waals surface area contributed by atoms with Gasteiger partial charge in [-0.05, 0) is 38.9 Å². The van der Waals surface area contributed by atoms with Gasteiger partial charge in [-0.25, -0.2) is 4.57 Å². The molecule has 1 unspecified atom stereocenters. The number of unbranched alkanes of at least 4 members (excludes halogenated alkanes) is 5. The van der Waals surface area contributed by atoms with Crippen molar-refractivity contribution in [2.45, 2.75) is 64.7 Å². The number of rotatable bonds is 21. The van der Waals surface area contributed by atoms with Crippen LogP contribution in [0.5, 0.6) is 0 Å². The second-order valence-corrected chi connectivity index (χ2v) is 11.0. The first kappa shape index (κ1) is 29.8. The molecule has 0 aliphatic carbocycles. The van der Waals surface area contributed by atoms with Crippen LogP contribution in [0.1, 0.15) is 64.7 Å². The fraction of sp³-hybridized carbons (Fsp3) is 0.895. The van der Waals surface area contributed by atoms with Crippen LogP contribution in [0.4, 0.5) is 0 Å². The predicted octanol–water partition coefficient (Wildman–Crippen LogP) is 4.55. The lowest BCUT2D eigenvalue weighted by Crippen LogP contribution is -2.25. The monoisotopic (exact) mass is 486 g/mol. The zero-order valence-corrected chi connectivity index (χ0v) is 21.1. The minimum Gasteiger partial charge on any atom is -0.356 e. The first-order valence-electron chi connectivity index (χ1n) is 10.6. The maximum atomic E-state index is 11.9. The van der Waals surface area contributed by atoms with Crippen LogP contribution in [-0.2, 0) is 27.7 Å². The van der Waals surface area contributed by atoms with Crippen LogP contribution in [-0.4, -0.2) is 57.2 Å². The Labute approximate surface area is 189 Å². The summed E-state index contributed by atoms with van der Waals surface area (Å²) in [6, 6.07) is 0. The van der Waals surface area contributed by atoms with Gasteiger partial charge < -0.3 is 10.6 Å². The highest BCUT2D eigenvalue weighted by molar-refractivity contribution is 8.76. The molecule has 0 saturated carbocycles. The van der Waals surface area contributed by atoms with Gasteiger partial charge in [0.2, 0.25) is 11.8 Å². The highest BCUT2D eigenvalue weighted by Crippen LogP contribution is 2.48. The van der Waals surface area contributed by atoms with E-state index in [-0.39, 0.29) is 18.4 Å². The summed E-state index contributed by atoms with van der Waals surface area (Å²) in [6.45, 7) is 3.68. The van der Waals surface area contributed by atoms with Crippen LogP contribution < -0.4 is 10.6 Å². The van der Waals surface area contributed by atoms with Crippen molar-refractivity contribution in [1.29, 1.82) is 0 Å². The van der Waals surface area contributed by atoms with Crippen LogP contribution >= 0.6 is 29.4 Å². The predicted molar refractivity (Wildman–Crippen MR) is 126 cm³/mol. The Morgan fingerprint density at radius 2 is 1.47 bits per heavy atom. The van der Waals surface area contributed by atoms with Gasteiger partial charge in [-0.3, -0.25) is 23.2 Å². The first-order chi connectivity index (χ1) is 14.5. The number of carbonyl (C=O) groups is 2. The summed E-state index contributed by atoms with van der Waals surface area (Å²) in [6.07, 6.45) is 9.30. The number of nitrogens with one attached hydrogen (secondary N) is 2. The normalized spacial score (nSPS) is 13.0. The van der Waals surface area contributed by atoms with Crippen LogP contribution in [0.15, 0.2) is 0 Å². The molecule has 11 heteroatoms. The molecular formula is C19H39N2O6PS2. The van der Waals surface area contributed by atoms with E-state index in [0.29, 0.717) is 32.5 Å². The zero-order valence-electron chi connectivity index (χ0n) is 18.6. The van der Waals surface area contributed by atoms with Crippen LogP contribution in [0.25, 0.3) is 0 Å². The van der Waals surface area contributed by atoms with Crippen LogP contribution in [0.3, 0.4) is 0 Å². The maximum absolute atomic E-state index is 11.9. The fourth-order valence-corrected chi connectivity index (χ4v) is 4.63. The molecule has 0 spiro atoms. The lowest BCUT2D eigenvalue weighted by molar-refractivity contribution is -0.122. The minimum atomic E-state index is -3.38. The smallest absolute Gasteiger partial charge is 0.356 e. The van der Waals surface area contributed by atoms with E-state index >= 15 is 0 Å². The molecule has 0 aliphatic heterocycles. The Bertz CT molecular complexity index is 500.